The number of carbonyl (C=O) groups excluding carboxylic acids is 2. The maximum absolute atomic E-state index is 12.5. The summed E-state index contributed by atoms with van der Waals surface area (Å²) in [7, 11) is 3.10. The van der Waals surface area contributed by atoms with E-state index in [1.807, 2.05) is 12.1 Å². The van der Waals surface area contributed by atoms with E-state index in [0.29, 0.717) is 40.6 Å². The molecule has 0 unspecified atom stereocenters. The Kier molecular flexibility index (Phi) is 6.68. The van der Waals surface area contributed by atoms with E-state index in [1.165, 1.54) is 11.8 Å². The highest BCUT2D eigenvalue weighted by atomic mass is 16.5. The Hall–Kier alpha value is -4.79. The van der Waals surface area contributed by atoms with Gasteiger partial charge in [-0.25, -0.2) is 4.68 Å². The third-order valence-corrected chi connectivity index (χ3v) is 5.52. The van der Waals surface area contributed by atoms with E-state index in [9.17, 15) is 9.59 Å². The quantitative estimate of drug-likeness (QED) is 0.361. The van der Waals surface area contributed by atoms with Crippen LogP contribution in [0, 0.1) is 0 Å². The van der Waals surface area contributed by atoms with Gasteiger partial charge >= 0.3 is 0 Å². The molecule has 0 bridgehead atoms. The van der Waals surface area contributed by atoms with E-state index < -0.39 is 5.91 Å². The van der Waals surface area contributed by atoms with Gasteiger partial charge in [0.25, 0.3) is 11.8 Å². The van der Waals surface area contributed by atoms with E-state index in [-0.39, 0.29) is 17.3 Å². The highest BCUT2D eigenvalue weighted by Gasteiger charge is 2.22. The third-order valence-electron chi connectivity index (χ3n) is 5.52. The van der Waals surface area contributed by atoms with Crippen LogP contribution < -0.4 is 26.3 Å². The molecule has 0 saturated carbocycles. The summed E-state index contributed by atoms with van der Waals surface area (Å²) in [4.78, 5) is 24.7. The molecule has 35 heavy (non-hydrogen) atoms. The summed E-state index contributed by atoms with van der Waals surface area (Å²) in [6, 6.07) is 21.4. The average Bonchev–Trinajstić information content (AvgIpc) is 3.24. The zero-order valence-electron chi connectivity index (χ0n) is 19.3. The first-order valence-corrected chi connectivity index (χ1v) is 10.8. The number of benzene rings is 3. The second-order valence-electron chi connectivity index (χ2n) is 7.66. The number of amides is 2. The molecule has 1 heterocycles. The van der Waals surface area contributed by atoms with Crippen LogP contribution in [0.25, 0.3) is 16.9 Å². The van der Waals surface area contributed by atoms with Crippen LogP contribution in [0.1, 0.15) is 26.3 Å². The SMILES string of the molecule is COc1ccc(-n2nc(-c3ccc(CNC(=O)c4ccccc4OC)cc3)c(C(N)=O)c2N)cc1. The topological polar surface area (TPSA) is 134 Å². The molecule has 0 aliphatic carbocycles. The van der Waals surface area contributed by atoms with Gasteiger partial charge in [-0.05, 0) is 42.0 Å². The predicted octanol–water partition coefficient (Wildman–Crippen LogP) is 3.17. The molecule has 0 radical (unpaired) electrons. The van der Waals surface area contributed by atoms with Crippen LogP contribution in [0.5, 0.6) is 11.5 Å². The predicted molar refractivity (Wildman–Crippen MR) is 133 cm³/mol. The van der Waals surface area contributed by atoms with Gasteiger partial charge in [0.1, 0.15) is 28.6 Å². The largest absolute Gasteiger partial charge is 0.497 e. The van der Waals surface area contributed by atoms with Gasteiger partial charge in [0.15, 0.2) is 0 Å². The molecule has 0 atom stereocenters. The van der Waals surface area contributed by atoms with Crippen LogP contribution in [0.15, 0.2) is 72.8 Å². The molecule has 9 heteroatoms. The lowest BCUT2D eigenvalue weighted by Crippen LogP contribution is -2.23. The average molecular weight is 472 g/mol. The van der Waals surface area contributed by atoms with Crippen molar-refractivity contribution in [2.75, 3.05) is 20.0 Å². The van der Waals surface area contributed by atoms with Crippen LogP contribution in [0.3, 0.4) is 0 Å². The highest BCUT2D eigenvalue weighted by Crippen LogP contribution is 2.30. The van der Waals surface area contributed by atoms with E-state index in [4.69, 9.17) is 20.9 Å². The number of methoxy groups -OCH3 is 2. The van der Waals surface area contributed by atoms with Gasteiger partial charge < -0.3 is 26.3 Å². The number of ether oxygens (including phenoxy) is 2. The van der Waals surface area contributed by atoms with Crippen molar-refractivity contribution in [2.24, 2.45) is 5.73 Å². The standard InChI is InChI=1S/C26H25N5O4/c1-34-19-13-11-18(12-14-19)31-24(27)22(25(28)32)23(30-31)17-9-7-16(8-10-17)15-29-26(33)20-5-3-4-6-21(20)35-2/h3-14H,15,27H2,1-2H3,(H2,28,32)(H,29,33). The van der Waals surface area contributed by atoms with Crippen molar-refractivity contribution in [2.45, 2.75) is 6.54 Å². The summed E-state index contributed by atoms with van der Waals surface area (Å²) < 4.78 is 11.9. The van der Waals surface area contributed by atoms with Crippen molar-refractivity contribution >= 4 is 17.6 Å². The van der Waals surface area contributed by atoms with Gasteiger partial charge in [-0.1, -0.05) is 36.4 Å². The summed E-state index contributed by atoms with van der Waals surface area (Å²) in [5.41, 5.74) is 15.0. The van der Waals surface area contributed by atoms with Gasteiger partial charge in [-0.2, -0.15) is 5.10 Å². The summed E-state index contributed by atoms with van der Waals surface area (Å²) >= 11 is 0. The highest BCUT2D eigenvalue weighted by molar-refractivity contribution is 6.03. The number of aromatic nitrogens is 2. The molecule has 1 aromatic heterocycles. The molecule has 4 aromatic rings. The Morgan fingerprint density at radius 3 is 2.26 bits per heavy atom. The van der Waals surface area contributed by atoms with E-state index >= 15 is 0 Å². The number of primary amides is 1. The fourth-order valence-electron chi connectivity index (χ4n) is 3.69. The molecule has 4 rings (SSSR count). The number of nitrogens with one attached hydrogen (secondary N) is 1. The zero-order valence-corrected chi connectivity index (χ0v) is 19.3. The first-order valence-electron chi connectivity index (χ1n) is 10.8. The van der Waals surface area contributed by atoms with Gasteiger partial charge in [0, 0.05) is 12.1 Å². The minimum Gasteiger partial charge on any atom is -0.497 e. The number of rotatable bonds is 8. The van der Waals surface area contributed by atoms with Gasteiger partial charge in [0.05, 0.1) is 25.5 Å². The van der Waals surface area contributed by atoms with E-state index in [1.54, 1.807) is 67.8 Å². The van der Waals surface area contributed by atoms with Crippen LogP contribution in [0.4, 0.5) is 5.82 Å². The Morgan fingerprint density at radius 1 is 0.943 bits per heavy atom. The van der Waals surface area contributed by atoms with Crippen molar-refractivity contribution < 1.29 is 19.1 Å². The Labute approximate surface area is 202 Å². The molecule has 0 spiro atoms. The molecular formula is C26H25N5O4. The first-order chi connectivity index (χ1) is 16.9. The second kappa shape index (κ2) is 10.0. The van der Waals surface area contributed by atoms with Crippen LogP contribution in [0.2, 0.25) is 0 Å². The molecule has 0 aliphatic heterocycles. The zero-order chi connectivity index (χ0) is 24.9. The normalized spacial score (nSPS) is 10.6. The first kappa shape index (κ1) is 23.4. The number of carbonyl (C=O) groups is 2. The number of nitrogens with two attached hydrogens (primary N) is 2. The van der Waals surface area contributed by atoms with Crippen molar-refractivity contribution in [1.82, 2.24) is 15.1 Å². The Balaban J connectivity index is 1.56. The summed E-state index contributed by atoms with van der Waals surface area (Å²) in [5.74, 6) is 0.414. The smallest absolute Gasteiger partial charge is 0.255 e. The monoisotopic (exact) mass is 471 g/mol. The molecule has 0 fully saturated rings. The molecule has 0 saturated heterocycles. The third kappa shape index (κ3) is 4.79. The van der Waals surface area contributed by atoms with Gasteiger partial charge in [-0.15, -0.1) is 0 Å². The fraction of sp³-hybridized carbons (Fsp3) is 0.115. The number of anilines is 1. The molecule has 178 valence electrons. The van der Waals surface area contributed by atoms with Gasteiger partial charge in [-0.3, -0.25) is 9.59 Å². The lowest BCUT2D eigenvalue weighted by atomic mass is 10.0. The molecular weight excluding hydrogens is 446 g/mol. The number of hydrogen-bond donors (Lipinski definition) is 3. The van der Waals surface area contributed by atoms with E-state index in [0.717, 1.165) is 5.56 Å². The van der Waals surface area contributed by atoms with Crippen molar-refractivity contribution in [3.05, 3.63) is 89.5 Å². The van der Waals surface area contributed by atoms with Crippen molar-refractivity contribution in [3.63, 3.8) is 0 Å². The maximum Gasteiger partial charge on any atom is 0.255 e. The minimum atomic E-state index is -0.676. The number of para-hydroxylation sites is 1. The maximum atomic E-state index is 12.5. The number of nitrogen functional groups attached to an aromatic ring is 1. The fourth-order valence-corrected chi connectivity index (χ4v) is 3.69. The Morgan fingerprint density at radius 2 is 1.63 bits per heavy atom. The lowest BCUT2D eigenvalue weighted by molar-refractivity contribution is 0.0946. The van der Waals surface area contributed by atoms with Crippen LogP contribution >= 0.6 is 0 Å². The van der Waals surface area contributed by atoms with Crippen molar-refractivity contribution in [3.8, 4) is 28.4 Å². The number of nitrogens with zero attached hydrogens (tertiary/aromatic N) is 2. The number of hydrogen-bond acceptors (Lipinski definition) is 6. The summed E-state index contributed by atoms with van der Waals surface area (Å²) in [6.45, 7) is 0.308. The lowest BCUT2D eigenvalue weighted by Gasteiger charge is -2.09. The molecule has 5 N–H and O–H groups in total. The van der Waals surface area contributed by atoms with Crippen molar-refractivity contribution in [1.29, 1.82) is 0 Å². The summed E-state index contributed by atoms with van der Waals surface area (Å²) in [5, 5.41) is 7.44. The van der Waals surface area contributed by atoms with E-state index in [2.05, 4.69) is 10.4 Å². The van der Waals surface area contributed by atoms with Crippen LogP contribution in [-0.4, -0.2) is 35.8 Å². The second-order valence-corrected chi connectivity index (χ2v) is 7.66. The molecule has 9 nitrogen and oxygen atoms in total. The molecule has 0 aliphatic rings. The molecule has 2 amide bonds. The van der Waals surface area contributed by atoms with Gasteiger partial charge in [0.2, 0.25) is 0 Å². The Bertz CT molecular complexity index is 1360. The molecule has 3 aromatic carbocycles. The summed E-state index contributed by atoms with van der Waals surface area (Å²) in [6.07, 6.45) is 0. The van der Waals surface area contributed by atoms with Crippen LogP contribution in [-0.2, 0) is 6.54 Å². The minimum absolute atomic E-state index is 0.137.